The number of carbonyl (C=O) groups is 1. The molecule has 3 heteroatoms. The molecule has 0 aromatic carbocycles. The lowest BCUT2D eigenvalue weighted by atomic mass is 9.85. The first-order valence-corrected chi connectivity index (χ1v) is 7.43. The van der Waals surface area contributed by atoms with Crippen molar-refractivity contribution in [1.82, 2.24) is 5.32 Å². The van der Waals surface area contributed by atoms with E-state index >= 15 is 0 Å². The molecule has 2 aliphatic rings. The summed E-state index contributed by atoms with van der Waals surface area (Å²) in [5.41, 5.74) is 2.59. The average Bonchev–Trinajstić information content (AvgIpc) is 2.89. The van der Waals surface area contributed by atoms with E-state index in [2.05, 4.69) is 24.9 Å². The van der Waals surface area contributed by atoms with Gasteiger partial charge in [-0.25, -0.2) is 4.79 Å². The summed E-state index contributed by atoms with van der Waals surface area (Å²) in [7, 11) is 0. The van der Waals surface area contributed by atoms with Gasteiger partial charge in [-0.2, -0.15) is 0 Å². The summed E-state index contributed by atoms with van der Waals surface area (Å²) >= 11 is 0. The molecular weight excluding hydrogens is 238 g/mol. The van der Waals surface area contributed by atoms with E-state index < -0.39 is 0 Å². The Labute approximate surface area is 116 Å². The molecule has 0 radical (unpaired) electrons. The van der Waals surface area contributed by atoms with E-state index in [1.807, 2.05) is 0 Å². The van der Waals surface area contributed by atoms with Gasteiger partial charge in [-0.1, -0.05) is 23.8 Å². The summed E-state index contributed by atoms with van der Waals surface area (Å²) in [4.78, 5) is 11.6. The molecule has 1 N–H and O–H groups in total. The first-order chi connectivity index (χ1) is 9.15. The van der Waals surface area contributed by atoms with Gasteiger partial charge in [-0.3, -0.25) is 0 Å². The van der Waals surface area contributed by atoms with Crippen LogP contribution in [0, 0.1) is 5.92 Å². The first kappa shape index (κ1) is 14.2. The Kier molecular flexibility index (Phi) is 5.06. The van der Waals surface area contributed by atoms with E-state index in [1.165, 1.54) is 24.0 Å². The van der Waals surface area contributed by atoms with Gasteiger partial charge in [-0.15, -0.1) is 0 Å². The summed E-state index contributed by atoms with van der Waals surface area (Å²) in [5.74, 6) is 0.620. The molecular formula is C16H25NO2. The van der Waals surface area contributed by atoms with Crippen molar-refractivity contribution in [3.63, 3.8) is 0 Å². The van der Waals surface area contributed by atoms with Crippen LogP contribution in [0.4, 0.5) is 4.79 Å². The Morgan fingerprint density at radius 1 is 1.42 bits per heavy atom. The number of nitrogens with one attached hydrogen (secondary N) is 1. The van der Waals surface area contributed by atoms with Crippen LogP contribution >= 0.6 is 0 Å². The van der Waals surface area contributed by atoms with Gasteiger partial charge in [0.2, 0.25) is 0 Å². The molecule has 2 rings (SSSR count). The fraction of sp³-hybridized carbons (Fsp3) is 0.688. The van der Waals surface area contributed by atoms with Gasteiger partial charge < -0.3 is 10.1 Å². The van der Waals surface area contributed by atoms with Gasteiger partial charge in [0.15, 0.2) is 0 Å². The van der Waals surface area contributed by atoms with Crippen molar-refractivity contribution in [3.05, 3.63) is 23.8 Å². The first-order valence-electron chi connectivity index (χ1n) is 7.43. The lowest BCUT2D eigenvalue weighted by molar-refractivity contribution is 0.102. The van der Waals surface area contributed by atoms with Crippen molar-refractivity contribution in [1.29, 1.82) is 0 Å². The van der Waals surface area contributed by atoms with Crippen LogP contribution < -0.4 is 5.32 Å². The lowest BCUT2D eigenvalue weighted by Gasteiger charge is -2.22. The zero-order valence-electron chi connectivity index (χ0n) is 11.9. The number of allylic oxidation sites excluding steroid dienone is 2. The Hall–Kier alpha value is -1.25. The molecule has 0 aromatic rings. The van der Waals surface area contributed by atoms with Gasteiger partial charge in [0.1, 0.15) is 6.10 Å². The quantitative estimate of drug-likeness (QED) is 0.780. The zero-order valence-corrected chi connectivity index (χ0v) is 11.9. The molecule has 2 aliphatic carbocycles. The van der Waals surface area contributed by atoms with Crippen molar-refractivity contribution >= 4 is 6.09 Å². The van der Waals surface area contributed by atoms with Gasteiger partial charge in [-0.05, 0) is 57.8 Å². The normalized spacial score (nSPS) is 23.8. The van der Waals surface area contributed by atoms with Crippen molar-refractivity contribution in [2.45, 2.75) is 58.0 Å². The highest BCUT2D eigenvalue weighted by Gasteiger charge is 2.19. The van der Waals surface area contributed by atoms with Crippen LogP contribution in [0.5, 0.6) is 0 Å². The fourth-order valence-corrected chi connectivity index (χ4v) is 2.88. The van der Waals surface area contributed by atoms with Crippen LogP contribution in [0.15, 0.2) is 23.8 Å². The van der Waals surface area contributed by atoms with E-state index in [4.69, 9.17) is 4.74 Å². The third-order valence-corrected chi connectivity index (χ3v) is 4.24. The SMILES string of the molecule is C=C(C)C1CC=C(CNC(=O)OC2CCCC2)CC1. The molecule has 0 heterocycles. The Morgan fingerprint density at radius 2 is 2.16 bits per heavy atom. The largest absolute Gasteiger partial charge is 0.446 e. The van der Waals surface area contributed by atoms with E-state index in [0.717, 1.165) is 32.1 Å². The van der Waals surface area contributed by atoms with Crippen LogP contribution in [-0.4, -0.2) is 18.7 Å². The number of ether oxygens (including phenoxy) is 1. The van der Waals surface area contributed by atoms with Gasteiger partial charge >= 0.3 is 6.09 Å². The number of carbonyl (C=O) groups excluding carboxylic acids is 1. The summed E-state index contributed by atoms with van der Waals surface area (Å²) in [5, 5.41) is 2.87. The summed E-state index contributed by atoms with van der Waals surface area (Å²) < 4.78 is 5.37. The predicted molar refractivity (Wildman–Crippen MR) is 77.0 cm³/mol. The number of amides is 1. The summed E-state index contributed by atoms with van der Waals surface area (Å²) in [6.45, 7) is 6.75. The monoisotopic (exact) mass is 263 g/mol. The maximum absolute atomic E-state index is 11.6. The number of alkyl carbamates (subject to hydrolysis) is 1. The lowest BCUT2D eigenvalue weighted by Crippen LogP contribution is -2.30. The highest BCUT2D eigenvalue weighted by atomic mass is 16.6. The van der Waals surface area contributed by atoms with Crippen LogP contribution in [-0.2, 0) is 4.74 Å². The minimum Gasteiger partial charge on any atom is -0.446 e. The van der Waals surface area contributed by atoms with E-state index in [1.54, 1.807) is 0 Å². The molecule has 3 nitrogen and oxygen atoms in total. The van der Waals surface area contributed by atoms with Crippen LogP contribution in [0.2, 0.25) is 0 Å². The molecule has 0 aliphatic heterocycles. The Morgan fingerprint density at radius 3 is 2.74 bits per heavy atom. The highest BCUT2D eigenvalue weighted by Crippen LogP contribution is 2.27. The molecule has 1 amide bonds. The van der Waals surface area contributed by atoms with Crippen molar-refractivity contribution in [3.8, 4) is 0 Å². The number of hydrogen-bond donors (Lipinski definition) is 1. The van der Waals surface area contributed by atoms with Gasteiger partial charge in [0.05, 0.1) is 0 Å². The van der Waals surface area contributed by atoms with Crippen molar-refractivity contribution in [2.24, 2.45) is 5.92 Å². The van der Waals surface area contributed by atoms with Crippen LogP contribution in [0.25, 0.3) is 0 Å². The van der Waals surface area contributed by atoms with Gasteiger partial charge in [0.25, 0.3) is 0 Å². The average molecular weight is 263 g/mol. The maximum Gasteiger partial charge on any atom is 0.407 e. The zero-order chi connectivity index (χ0) is 13.7. The number of hydrogen-bond acceptors (Lipinski definition) is 2. The molecule has 19 heavy (non-hydrogen) atoms. The third kappa shape index (κ3) is 4.41. The maximum atomic E-state index is 11.6. The minimum absolute atomic E-state index is 0.146. The highest BCUT2D eigenvalue weighted by molar-refractivity contribution is 5.67. The molecule has 1 saturated carbocycles. The third-order valence-electron chi connectivity index (χ3n) is 4.24. The minimum atomic E-state index is -0.255. The van der Waals surface area contributed by atoms with Crippen LogP contribution in [0.1, 0.15) is 51.9 Å². The molecule has 1 atom stereocenters. The molecule has 1 fully saturated rings. The standard InChI is InChI=1S/C16H25NO2/c1-12(2)14-9-7-13(8-10-14)11-17-16(18)19-15-5-3-4-6-15/h7,14-15H,1,3-6,8-11H2,2H3,(H,17,18). The summed E-state index contributed by atoms with van der Waals surface area (Å²) in [6.07, 6.45) is 9.83. The molecule has 0 bridgehead atoms. The predicted octanol–water partition coefficient (Wildman–Crippen LogP) is 3.96. The second kappa shape index (κ2) is 6.78. The topological polar surface area (TPSA) is 38.3 Å². The molecule has 106 valence electrons. The Balaban J connectivity index is 1.67. The Bertz CT molecular complexity index is 367. The fourth-order valence-electron chi connectivity index (χ4n) is 2.88. The molecule has 0 aromatic heterocycles. The van der Waals surface area contributed by atoms with E-state index in [-0.39, 0.29) is 12.2 Å². The van der Waals surface area contributed by atoms with E-state index in [0.29, 0.717) is 12.5 Å². The molecule has 0 saturated heterocycles. The smallest absolute Gasteiger partial charge is 0.407 e. The van der Waals surface area contributed by atoms with Gasteiger partial charge in [0, 0.05) is 6.54 Å². The summed E-state index contributed by atoms with van der Waals surface area (Å²) in [6, 6.07) is 0. The van der Waals surface area contributed by atoms with Crippen molar-refractivity contribution in [2.75, 3.05) is 6.54 Å². The van der Waals surface area contributed by atoms with Crippen molar-refractivity contribution < 1.29 is 9.53 Å². The number of rotatable bonds is 4. The molecule has 1 unspecified atom stereocenters. The second-order valence-corrected chi connectivity index (χ2v) is 5.85. The molecule has 0 spiro atoms. The van der Waals surface area contributed by atoms with Crippen LogP contribution in [0.3, 0.4) is 0 Å². The van der Waals surface area contributed by atoms with E-state index in [9.17, 15) is 4.79 Å². The second-order valence-electron chi connectivity index (χ2n) is 5.85.